The van der Waals surface area contributed by atoms with Crippen LogP contribution in [0.2, 0.25) is 0 Å². The summed E-state index contributed by atoms with van der Waals surface area (Å²) in [6.45, 7) is 0. The lowest BCUT2D eigenvalue weighted by Gasteiger charge is -2.11. The van der Waals surface area contributed by atoms with E-state index in [4.69, 9.17) is 4.98 Å². The summed E-state index contributed by atoms with van der Waals surface area (Å²) >= 11 is 0. The Morgan fingerprint density at radius 2 is 1.17 bits per heavy atom. The number of benzene rings is 5. The zero-order chi connectivity index (χ0) is 26.9. The third-order valence-corrected chi connectivity index (χ3v) is 8.50. The number of nitrogens with zero attached hydrogens (tertiary/aromatic N) is 3. The van der Waals surface area contributed by atoms with Crippen molar-refractivity contribution in [1.29, 1.82) is 0 Å². The Kier molecular flexibility index (Phi) is 4.61. The largest absolute Gasteiger partial charge is 0.294 e. The maximum atomic E-state index is 4.97. The maximum absolute atomic E-state index is 4.97. The Morgan fingerprint density at radius 1 is 0.463 bits per heavy atom. The van der Waals surface area contributed by atoms with Gasteiger partial charge in [-0.1, -0.05) is 97.1 Å². The molecule has 0 atom stereocenters. The number of hydrogen-bond acceptors (Lipinski definition) is 2. The van der Waals surface area contributed by atoms with Crippen LogP contribution in [-0.2, 0) is 0 Å². The van der Waals surface area contributed by atoms with Gasteiger partial charge in [0.1, 0.15) is 5.65 Å². The van der Waals surface area contributed by atoms with E-state index in [9.17, 15) is 0 Å². The van der Waals surface area contributed by atoms with Crippen molar-refractivity contribution in [3.63, 3.8) is 0 Å². The van der Waals surface area contributed by atoms with Gasteiger partial charge < -0.3 is 0 Å². The van der Waals surface area contributed by atoms with E-state index in [1.165, 1.54) is 44.2 Å². The third-order valence-electron chi connectivity index (χ3n) is 8.50. The third kappa shape index (κ3) is 3.20. The molecule has 0 aliphatic heterocycles. The first kappa shape index (κ1) is 22.3. The summed E-state index contributed by atoms with van der Waals surface area (Å²) in [6.07, 6.45) is 5.78. The molecule has 0 spiro atoms. The Balaban J connectivity index is 1.15. The Labute approximate surface area is 237 Å². The van der Waals surface area contributed by atoms with Gasteiger partial charge in [0, 0.05) is 40.6 Å². The van der Waals surface area contributed by atoms with E-state index < -0.39 is 0 Å². The van der Waals surface area contributed by atoms with Gasteiger partial charge in [0.25, 0.3) is 0 Å². The van der Waals surface area contributed by atoms with Gasteiger partial charge in [0.05, 0.1) is 5.52 Å². The molecule has 3 aromatic heterocycles. The second kappa shape index (κ2) is 8.48. The van der Waals surface area contributed by atoms with Gasteiger partial charge in [-0.2, -0.15) is 0 Å². The minimum Gasteiger partial charge on any atom is -0.294 e. The van der Waals surface area contributed by atoms with E-state index in [1.807, 2.05) is 24.7 Å². The lowest BCUT2D eigenvalue weighted by Crippen LogP contribution is -1.95. The molecule has 8 aromatic rings. The minimum atomic E-state index is 0.938. The predicted octanol–water partition coefficient (Wildman–Crippen LogP) is 9.71. The molecule has 0 saturated heterocycles. The molecule has 1 aliphatic rings. The van der Waals surface area contributed by atoms with Crippen LogP contribution in [0.4, 0.5) is 0 Å². The number of hydrogen-bond donors (Lipinski definition) is 0. The molecule has 1 aliphatic carbocycles. The van der Waals surface area contributed by atoms with Gasteiger partial charge in [-0.15, -0.1) is 0 Å². The zero-order valence-corrected chi connectivity index (χ0v) is 22.1. The van der Waals surface area contributed by atoms with Gasteiger partial charge in [-0.05, 0) is 74.0 Å². The van der Waals surface area contributed by atoms with Gasteiger partial charge >= 0.3 is 0 Å². The molecule has 0 unspecified atom stereocenters. The first-order valence-corrected chi connectivity index (χ1v) is 13.9. The van der Waals surface area contributed by atoms with Crippen molar-refractivity contribution < 1.29 is 0 Å². The van der Waals surface area contributed by atoms with Crippen molar-refractivity contribution >= 4 is 32.7 Å². The van der Waals surface area contributed by atoms with Gasteiger partial charge in [0.15, 0.2) is 0 Å². The van der Waals surface area contributed by atoms with E-state index in [0.29, 0.717) is 0 Å². The second-order valence-electron chi connectivity index (χ2n) is 10.7. The summed E-state index contributed by atoms with van der Waals surface area (Å²) < 4.78 is 2.22. The van der Waals surface area contributed by atoms with Crippen molar-refractivity contribution in [3.05, 3.63) is 140 Å². The molecular weight excluding hydrogens is 498 g/mol. The molecule has 3 heterocycles. The van der Waals surface area contributed by atoms with Crippen LogP contribution >= 0.6 is 0 Å². The Morgan fingerprint density at radius 3 is 2.00 bits per heavy atom. The number of aromatic nitrogens is 3. The second-order valence-corrected chi connectivity index (χ2v) is 10.7. The van der Waals surface area contributed by atoms with Crippen LogP contribution in [0.15, 0.2) is 140 Å². The fourth-order valence-electron chi connectivity index (χ4n) is 6.64. The van der Waals surface area contributed by atoms with Gasteiger partial charge in [-0.3, -0.25) is 9.55 Å². The highest BCUT2D eigenvalue weighted by Gasteiger charge is 2.22. The molecular formula is C38H23N3. The monoisotopic (exact) mass is 521 g/mol. The first-order valence-electron chi connectivity index (χ1n) is 13.9. The van der Waals surface area contributed by atoms with E-state index >= 15 is 0 Å². The van der Waals surface area contributed by atoms with Crippen molar-refractivity contribution in [2.24, 2.45) is 0 Å². The van der Waals surface area contributed by atoms with E-state index in [0.717, 1.165) is 38.8 Å². The number of fused-ring (bicyclic) bond motifs is 6. The van der Waals surface area contributed by atoms with E-state index in [1.54, 1.807) is 0 Å². The van der Waals surface area contributed by atoms with Crippen molar-refractivity contribution in [2.75, 3.05) is 0 Å². The molecule has 3 nitrogen and oxygen atoms in total. The number of pyridine rings is 2. The van der Waals surface area contributed by atoms with Crippen LogP contribution in [-0.4, -0.2) is 14.5 Å². The van der Waals surface area contributed by atoms with Crippen molar-refractivity contribution in [1.82, 2.24) is 14.5 Å². The van der Waals surface area contributed by atoms with Crippen LogP contribution in [0.3, 0.4) is 0 Å². The highest BCUT2D eigenvalue weighted by molar-refractivity contribution is 6.18. The van der Waals surface area contributed by atoms with Crippen LogP contribution < -0.4 is 0 Å². The summed E-state index contributed by atoms with van der Waals surface area (Å²) in [5.41, 5.74) is 13.2. The standard InChI is InChI=1S/C38H23N3/c1-2-7-27(8-3-1)41-36-19-20-39-23-35(36)34-21-26(22-40-38(34)41)24-13-15-25(16-14-24)28-17-18-33-30-10-5-4-9-29(30)32-12-6-11-31(28)37(32)33/h1-23H. The van der Waals surface area contributed by atoms with Crippen LogP contribution in [0.5, 0.6) is 0 Å². The quantitative estimate of drug-likeness (QED) is 0.232. The normalized spacial score (nSPS) is 11.9. The van der Waals surface area contributed by atoms with Crippen LogP contribution in [0, 0.1) is 0 Å². The molecule has 9 rings (SSSR count). The molecule has 190 valence electrons. The van der Waals surface area contributed by atoms with E-state index in [2.05, 4.69) is 125 Å². The highest BCUT2D eigenvalue weighted by atomic mass is 15.0. The topological polar surface area (TPSA) is 30.7 Å². The van der Waals surface area contributed by atoms with Crippen molar-refractivity contribution in [2.45, 2.75) is 0 Å². The Hall–Kier alpha value is -5.54. The molecule has 0 saturated carbocycles. The Bertz CT molecular complexity index is 2270. The van der Waals surface area contributed by atoms with E-state index in [-0.39, 0.29) is 0 Å². The molecule has 0 bridgehead atoms. The number of para-hydroxylation sites is 1. The lowest BCUT2D eigenvalue weighted by atomic mass is 9.93. The fraction of sp³-hybridized carbons (Fsp3) is 0. The summed E-state index contributed by atoms with van der Waals surface area (Å²) in [4.78, 5) is 9.41. The van der Waals surface area contributed by atoms with Gasteiger partial charge in [-0.25, -0.2) is 4.98 Å². The number of rotatable bonds is 3. The highest BCUT2D eigenvalue weighted by Crippen LogP contribution is 2.49. The first-order chi connectivity index (χ1) is 20.3. The average Bonchev–Trinajstić information content (AvgIpc) is 3.56. The molecule has 41 heavy (non-hydrogen) atoms. The smallest absolute Gasteiger partial charge is 0.145 e. The van der Waals surface area contributed by atoms with Crippen LogP contribution in [0.1, 0.15) is 0 Å². The fourth-order valence-corrected chi connectivity index (χ4v) is 6.64. The minimum absolute atomic E-state index is 0.938. The SMILES string of the molecule is c1ccc(-n2c3ccncc3c3cc(-c4ccc(-c5ccc6c7c(cccc57)-c5ccccc5-6)cc4)cnc32)cc1. The van der Waals surface area contributed by atoms with Crippen LogP contribution in [0.25, 0.3) is 82.9 Å². The maximum Gasteiger partial charge on any atom is 0.145 e. The summed E-state index contributed by atoms with van der Waals surface area (Å²) in [5, 5.41) is 4.86. The van der Waals surface area contributed by atoms with Gasteiger partial charge in [0.2, 0.25) is 0 Å². The molecule has 0 N–H and O–H groups in total. The van der Waals surface area contributed by atoms with Crippen molar-refractivity contribution in [3.8, 4) is 50.2 Å². The average molecular weight is 522 g/mol. The summed E-state index contributed by atoms with van der Waals surface area (Å²) in [6, 6.07) is 43.6. The zero-order valence-electron chi connectivity index (χ0n) is 22.1. The molecule has 5 aromatic carbocycles. The lowest BCUT2D eigenvalue weighted by molar-refractivity contribution is 1.13. The molecule has 0 fully saturated rings. The molecule has 3 heteroatoms. The predicted molar refractivity (Wildman–Crippen MR) is 169 cm³/mol. The summed E-state index contributed by atoms with van der Waals surface area (Å²) in [7, 11) is 0. The molecule has 0 amide bonds. The summed E-state index contributed by atoms with van der Waals surface area (Å²) in [5.74, 6) is 0. The molecule has 0 radical (unpaired) electrons.